The van der Waals surface area contributed by atoms with Crippen LogP contribution in [-0.2, 0) is 0 Å². The highest BCUT2D eigenvalue weighted by Gasteiger charge is 2.19. The minimum Gasteiger partial charge on any atom is -0.143 e. The highest BCUT2D eigenvalue weighted by molar-refractivity contribution is 7.28. The first kappa shape index (κ1) is 13.6. The lowest BCUT2D eigenvalue weighted by Crippen LogP contribution is -1.74. The summed E-state index contributed by atoms with van der Waals surface area (Å²) in [6.45, 7) is 0. The number of thiophene rings is 4. The molecule has 4 heteroatoms. The van der Waals surface area contributed by atoms with Crippen molar-refractivity contribution in [3.05, 3.63) is 59.3 Å². The van der Waals surface area contributed by atoms with E-state index in [1.165, 1.54) is 50.5 Å². The molecule has 0 bridgehead atoms. The number of benzene rings is 2. The highest BCUT2D eigenvalue weighted by atomic mass is 32.1. The summed E-state index contributed by atoms with van der Waals surface area (Å²) in [5, 5.41) is 10.1. The summed E-state index contributed by atoms with van der Waals surface area (Å²) in [4.78, 5) is 5.58. The van der Waals surface area contributed by atoms with Crippen molar-refractivity contribution in [1.29, 1.82) is 0 Å². The van der Waals surface area contributed by atoms with Gasteiger partial charge in [-0.25, -0.2) is 0 Å². The molecule has 0 aliphatic rings. The summed E-state index contributed by atoms with van der Waals surface area (Å²) in [7, 11) is 0. The first-order valence-corrected chi connectivity index (χ1v) is 11.1. The second kappa shape index (κ2) is 4.90. The molecule has 24 heavy (non-hydrogen) atoms. The Morgan fingerprint density at radius 2 is 1.04 bits per heavy atom. The van der Waals surface area contributed by atoms with Crippen LogP contribution in [0.2, 0.25) is 0 Å². The summed E-state index contributed by atoms with van der Waals surface area (Å²) >= 11 is 7.52. The van der Waals surface area contributed by atoms with Gasteiger partial charge in [0.25, 0.3) is 0 Å². The van der Waals surface area contributed by atoms with Crippen molar-refractivity contribution in [1.82, 2.24) is 0 Å². The van der Waals surface area contributed by atoms with E-state index in [1.54, 1.807) is 0 Å². The van der Waals surface area contributed by atoms with E-state index in [1.807, 2.05) is 45.3 Å². The van der Waals surface area contributed by atoms with E-state index in [-0.39, 0.29) is 0 Å². The molecule has 6 rings (SSSR count). The molecule has 0 spiro atoms. The highest BCUT2D eigenvalue weighted by Crippen LogP contribution is 2.50. The van der Waals surface area contributed by atoms with Crippen LogP contribution in [0.1, 0.15) is 0 Å². The average Bonchev–Trinajstić information content (AvgIpc) is 3.36. The van der Waals surface area contributed by atoms with Crippen molar-refractivity contribution in [2.24, 2.45) is 0 Å². The van der Waals surface area contributed by atoms with Crippen LogP contribution < -0.4 is 0 Å². The Morgan fingerprint density at radius 1 is 0.542 bits per heavy atom. The molecule has 4 heterocycles. The van der Waals surface area contributed by atoms with Gasteiger partial charge in [0.2, 0.25) is 0 Å². The van der Waals surface area contributed by atoms with E-state index in [2.05, 4.69) is 59.3 Å². The third kappa shape index (κ3) is 1.72. The van der Waals surface area contributed by atoms with Gasteiger partial charge in [-0.2, -0.15) is 0 Å². The number of hydrogen-bond donors (Lipinski definition) is 0. The predicted molar refractivity (Wildman–Crippen MR) is 113 cm³/mol. The molecule has 0 aliphatic heterocycles. The average molecular weight is 379 g/mol. The molecule has 0 unspecified atom stereocenters. The maximum atomic E-state index is 2.32. The minimum absolute atomic E-state index is 1.38. The lowest BCUT2D eigenvalue weighted by atomic mass is 10.0. The molecule has 0 aliphatic carbocycles. The van der Waals surface area contributed by atoms with Crippen LogP contribution >= 0.6 is 45.3 Å². The first-order chi connectivity index (χ1) is 11.9. The van der Waals surface area contributed by atoms with Crippen molar-refractivity contribution in [3.8, 4) is 19.5 Å². The maximum Gasteiger partial charge on any atom is 0.0527 e. The van der Waals surface area contributed by atoms with E-state index < -0.39 is 0 Å². The van der Waals surface area contributed by atoms with Crippen molar-refractivity contribution in [2.75, 3.05) is 0 Å². The fraction of sp³-hybridized carbons (Fsp3) is 0. The molecule has 0 amide bonds. The molecule has 0 radical (unpaired) electrons. The monoisotopic (exact) mass is 378 g/mol. The number of rotatable bonds is 2. The van der Waals surface area contributed by atoms with Gasteiger partial charge in [0.05, 0.1) is 9.75 Å². The maximum absolute atomic E-state index is 2.32. The Bertz CT molecular complexity index is 1180. The first-order valence-electron chi connectivity index (χ1n) is 7.68. The molecule has 4 aromatic heterocycles. The van der Waals surface area contributed by atoms with Crippen LogP contribution in [0.5, 0.6) is 0 Å². The van der Waals surface area contributed by atoms with Crippen molar-refractivity contribution < 1.29 is 0 Å². The van der Waals surface area contributed by atoms with Crippen LogP contribution in [0.15, 0.2) is 59.3 Å². The Labute approximate surface area is 154 Å². The zero-order valence-electron chi connectivity index (χ0n) is 12.4. The fourth-order valence-electron chi connectivity index (χ4n) is 3.49. The lowest BCUT2D eigenvalue weighted by molar-refractivity contribution is 1.94. The normalized spacial score (nSPS) is 12.2. The molecule has 114 valence electrons. The van der Waals surface area contributed by atoms with E-state index in [0.29, 0.717) is 0 Å². The van der Waals surface area contributed by atoms with Gasteiger partial charge in [-0.1, -0.05) is 24.3 Å². The van der Waals surface area contributed by atoms with Gasteiger partial charge < -0.3 is 0 Å². The summed E-state index contributed by atoms with van der Waals surface area (Å²) in [6, 6.07) is 18.0. The molecular formula is C20H10S4. The van der Waals surface area contributed by atoms with E-state index in [9.17, 15) is 0 Å². The molecule has 0 atom stereocenters. The van der Waals surface area contributed by atoms with Crippen molar-refractivity contribution in [2.45, 2.75) is 0 Å². The second-order valence-electron chi connectivity index (χ2n) is 5.79. The van der Waals surface area contributed by atoms with Gasteiger partial charge >= 0.3 is 0 Å². The zero-order valence-corrected chi connectivity index (χ0v) is 15.7. The zero-order chi connectivity index (χ0) is 15.7. The topological polar surface area (TPSA) is 0 Å². The summed E-state index contributed by atoms with van der Waals surface area (Å²) < 4.78 is 2.81. The molecule has 0 N–H and O–H groups in total. The molecule has 2 aromatic carbocycles. The largest absolute Gasteiger partial charge is 0.143 e. The Hall–Kier alpha value is -1.72. The van der Waals surface area contributed by atoms with Crippen LogP contribution in [0.4, 0.5) is 0 Å². The number of hydrogen-bond acceptors (Lipinski definition) is 4. The Balaban J connectivity index is 1.79. The van der Waals surface area contributed by atoms with Crippen molar-refractivity contribution in [3.63, 3.8) is 0 Å². The lowest BCUT2D eigenvalue weighted by Gasteiger charge is -2.00. The van der Waals surface area contributed by atoms with Crippen LogP contribution in [0.3, 0.4) is 0 Å². The minimum atomic E-state index is 1.38. The van der Waals surface area contributed by atoms with Gasteiger partial charge in [-0.05, 0) is 35.0 Å². The summed E-state index contributed by atoms with van der Waals surface area (Å²) in [5.74, 6) is 0. The van der Waals surface area contributed by atoms with Gasteiger partial charge in [-0.15, -0.1) is 45.3 Å². The second-order valence-corrected chi connectivity index (χ2v) is 9.79. The molecular weight excluding hydrogens is 368 g/mol. The fourth-order valence-corrected chi connectivity index (χ4v) is 7.62. The SMILES string of the molecule is c1csc(-c2sc3ccc4c(-c5cccs5)sc5ccc2c3c54)c1. The Kier molecular flexibility index (Phi) is 2.77. The third-order valence-corrected chi connectivity index (χ3v) is 8.93. The molecule has 0 fully saturated rings. The standard InChI is InChI=1S/C20H10S4/c1-3-15(21-9-1)19-11-5-7-14-18-12(6-8-13(23-19)17(11)18)20(24-14)16-4-2-10-22-16/h1-10H. The van der Waals surface area contributed by atoms with E-state index in [0.717, 1.165) is 0 Å². The van der Waals surface area contributed by atoms with E-state index in [4.69, 9.17) is 0 Å². The van der Waals surface area contributed by atoms with Gasteiger partial charge in [0.15, 0.2) is 0 Å². The summed E-state index contributed by atoms with van der Waals surface area (Å²) in [6.07, 6.45) is 0. The molecule has 0 saturated heterocycles. The van der Waals surface area contributed by atoms with Gasteiger partial charge in [0, 0.05) is 40.7 Å². The molecule has 0 nitrogen and oxygen atoms in total. The predicted octanol–water partition coefficient (Wildman–Crippen LogP) is 8.16. The van der Waals surface area contributed by atoms with Gasteiger partial charge in [-0.3, -0.25) is 0 Å². The van der Waals surface area contributed by atoms with E-state index >= 15 is 0 Å². The van der Waals surface area contributed by atoms with Crippen molar-refractivity contribution >= 4 is 76.3 Å². The Morgan fingerprint density at radius 3 is 1.46 bits per heavy atom. The molecule has 6 aromatic rings. The third-order valence-electron chi connectivity index (χ3n) is 4.49. The smallest absolute Gasteiger partial charge is 0.0527 e. The molecule has 0 saturated carbocycles. The summed E-state index contributed by atoms with van der Waals surface area (Å²) in [5.41, 5.74) is 0. The van der Waals surface area contributed by atoms with Crippen LogP contribution in [0.25, 0.3) is 50.5 Å². The quantitative estimate of drug-likeness (QED) is 0.285. The van der Waals surface area contributed by atoms with Crippen LogP contribution in [0, 0.1) is 0 Å². The van der Waals surface area contributed by atoms with Crippen LogP contribution in [-0.4, -0.2) is 0 Å². The van der Waals surface area contributed by atoms with Gasteiger partial charge in [0.1, 0.15) is 0 Å².